The quantitative estimate of drug-likeness (QED) is 0.181. The molecule has 5 heterocycles. The number of rotatable bonds is 6. The molecule has 0 fully saturated rings. The lowest BCUT2D eigenvalue weighted by atomic mass is 9.89. The Morgan fingerprint density at radius 1 is 0.513 bits per heavy atom. The van der Waals surface area contributed by atoms with E-state index in [1.807, 2.05) is 17.4 Å². The first-order valence-electron chi connectivity index (χ1n) is 27.0. The van der Waals surface area contributed by atoms with E-state index >= 15 is 0 Å². The van der Waals surface area contributed by atoms with Crippen LogP contribution in [0.2, 0.25) is 0 Å². The number of benzene rings is 10. The first kappa shape index (κ1) is 44.9. The Balaban J connectivity index is 0.911. The molecule has 5 nitrogen and oxygen atoms in total. The van der Waals surface area contributed by atoms with Gasteiger partial charge in [0.25, 0.3) is 0 Å². The summed E-state index contributed by atoms with van der Waals surface area (Å²) >= 11 is 1.89. The van der Waals surface area contributed by atoms with Gasteiger partial charge in [0.2, 0.25) is 0 Å². The Bertz CT molecular complexity index is 4690. The number of hydrogen-bond donors (Lipinski definition) is 1. The largest absolute Gasteiger partial charge is 0.456 e. The molecule has 13 aromatic rings. The fraction of sp³-hybridized carbons (Fsp3) is 0.0833. The van der Waals surface area contributed by atoms with E-state index in [1.165, 1.54) is 59.5 Å². The number of nitrogens with one attached hydrogen (secondary N) is 1. The number of allylic oxidation sites excluding steroid dienone is 1. The molecule has 10 aromatic carbocycles. The predicted octanol–water partition coefficient (Wildman–Crippen LogP) is 18.8. The van der Waals surface area contributed by atoms with Gasteiger partial charge in [-0.05, 0) is 171 Å². The first-order valence-corrected chi connectivity index (χ1v) is 27.8. The number of aryl methyl sites for hydroxylation is 2. The van der Waals surface area contributed by atoms with E-state index in [0.29, 0.717) is 18.2 Å². The van der Waals surface area contributed by atoms with E-state index in [1.54, 1.807) is 0 Å². The van der Waals surface area contributed by atoms with Gasteiger partial charge in [-0.25, -0.2) is 9.98 Å². The van der Waals surface area contributed by atoms with Crippen molar-refractivity contribution in [1.82, 2.24) is 5.32 Å². The normalized spacial score (nSPS) is 15.5. The van der Waals surface area contributed by atoms with Gasteiger partial charge in [0.1, 0.15) is 34.3 Å². The van der Waals surface area contributed by atoms with Crippen LogP contribution in [0.25, 0.3) is 105 Å². The Morgan fingerprint density at radius 2 is 1.23 bits per heavy atom. The molecule has 16 rings (SSSR count). The zero-order chi connectivity index (χ0) is 51.4. The zero-order valence-electron chi connectivity index (χ0n) is 42.8. The third kappa shape index (κ3) is 7.35. The van der Waals surface area contributed by atoms with Crippen LogP contribution in [-0.4, -0.2) is 11.7 Å². The molecule has 0 radical (unpaired) electrons. The number of nitrogens with zero attached hydrogens (tertiary/aromatic N) is 2. The summed E-state index contributed by atoms with van der Waals surface area (Å²) in [4.78, 5) is 12.1. The van der Waals surface area contributed by atoms with Crippen LogP contribution in [0.4, 0.5) is 0 Å². The smallest absolute Gasteiger partial charge is 0.159 e. The molecule has 2 aliphatic heterocycles. The maximum absolute atomic E-state index is 6.92. The van der Waals surface area contributed by atoms with Crippen molar-refractivity contribution in [2.24, 2.45) is 9.98 Å². The van der Waals surface area contributed by atoms with Gasteiger partial charge in [-0.1, -0.05) is 158 Å². The van der Waals surface area contributed by atoms with E-state index in [-0.39, 0.29) is 0 Å². The van der Waals surface area contributed by atoms with Crippen LogP contribution in [0.3, 0.4) is 0 Å². The van der Waals surface area contributed by atoms with Gasteiger partial charge in [0, 0.05) is 53.7 Å². The molecule has 370 valence electrons. The molecule has 0 amide bonds. The van der Waals surface area contributed by atoms with E-state index in [2.05, 4.69) is 231 Å². The van der Waals surface area contributed by atoms with Crippen molar-refractivity contribution in [1.29, 1.82) is 0 Å². The number of aliphatic imine (C=N–C) groups is 2. The van der Waals surface area contributed by atoms with Gasteiger partial charge < -0.3 is 14.2 Å². The molecule has 0 saturated heterocycles. The number of fused-ring (bicyclic) bond motifs is 16. The molecule has 1 aliphatic carbocycles. The van der Waals surface area contributed by atoms with Gasteiger partial charge in [-0.15, -0.1) is 11.3 Å². The third-order valence-corrected chi connectivity index (χ3v) is 17.9. The van der Waals surface area contributed by atoms with Crippen molar-refractivity contribution < 1.29 is 8.83 Å². The van der Waals surface area contributed by atoms with E-state index in [9.17, 15) is 0 Å². The second-order valence-corrected chi connectivity index (χ2v) is 22.2. The highest BCUT2D eigenvalue weighted by Crippen LogP contribution is 2.50. The lowest BCUT2D eigenvalue weighted by molar-refractivity contribution is 0.667. The number of thiophene rings is 1. The summed E-state index contributed by atoms with van der Waals surface area (Å²) < 4.78 is 14.9. The summed E-state index contributed by atoms with van der Waals surface area (Å²) in [6.07, 6.45) is 7.05. The molecule has 3 aromatic heterocycles. The molecule has 6 heteroatoms. The molecular formula is C72H49N3O2S. The Kier molecular flexibility index (Phi) is 10.3. The number of furan rings is 2. The summed E-state index contributed by atoms with van der Waals surface area (Å²) in [5.74, 6) is 1.71. The number of amidine groups is 2. The van der Waals surface area contributed by atoms with Gasteiger partial charge in [0.05, 0.1) is 0 Å². The van der Waals surface area contributed by atoms with Crippen molar-refractivity contribution in [3.8, 4) is 44.5 Å². The second kappa shape index (κ2) is 17.9. The van der Waals surface area contributed by atoms with Crippen LogP contribution in [0.1, 0.15) is 67.9 Å². The third-order valence-electron chi connectivity index (χ3n) is 16.6. The number of hydrogen-bond acceptors (Lipinski definition) is 6. The molecule has 2 unspecified atom stereocenters. The average Bonchev–Trinajstić information content (AvgIpc) is 4.29. The molecular weight excluding hydrogens is 971 g/mol. The Hall–Kier alpha value is -9.36. The Labute approximate surface area is 455 Å². The minimum absolute atomic E-state index is 0.339. The van der Waals surface area contributed by atoms with Crippen molar-refractivity contribution in [2.75, 3.05) is 0 Å². The summed E-state index contributed by atoms with van der Waals surface area (Å²) in [5, 5.41) is 9.28. The standard InChI is InChI=1S/C72H49N3O2S/c1-42-58-38-50-39-59(48-29-32-55-54(31-27-43-15-5-2-6-16-43)52-22-11-12-23-53(52)60(55)37-48)69(58)78-66(42)26-13-21-49-35-51(41-65-67(49)56-33-28-47(40-64(56)77-65)44-17-7-3-8-18-44)71-73-70(45-19-9-4-10-20-45)74-72(75-71)57-24-14-25-63-68(57)61-36-46(50)30-34-62(61)76-63/h2-20,22-26,28-30,32-41,54,70H,21,27,31H2,1H3,(H,73,74,75). The second-order valence-electron chi connectivity index (χ2n) is 21.1. The predicted molar refractivity (Wildman–Crippen MR) is 324 cm³/mol. The highest BCUT2D eigenvalue weighted by atomic mass is 32.1. The van der Waals surface area contributed by atoms with Crippen LogP contribution in [0.15, 0.2) is 237 Å². The van der Waals surface area contributed by atoms with Gasteiger partial charge in [-0.2, -0.15) is 0 Å². The van der Waals surface area contributed by atoms with Crippen LogP contribution in [0.5, 0.6) is 0 Å². The summed E-state index contributed by atoms with van der Waals surface area (Å²) in [6, 6.07) is 77.1. The van der Waals surface area contributed by atoms with Crippen molar-refractivity contribution in [3.63, 3.8) is 0 Å². The lowest BCUT2D eigenvalue weighted by Gasteiger charge is -2.24. The summed E-state index contributed by atoms with van der Waals surface area (Å²) in [6.45, 7) is 2.30. The van der Waals surface area contributed by atoms with Crippen LogP contribution < -0.4 is 5.32 Å². The average molecular weight is 1020 g/mol. The monoisotopic (exact) mass is 1020 g/mol. The maximum Gasteiger partial charge on any atom is 0.159 e. The fourth-order valence-corrected chi connectivity index (χ4v) is 14.0. The summed E-state index contributed by atoms with van der Waals surface area (Å²) in [7, 11) is 0. The molecule has 9 bridgehead atoms. The molecule has 2 atom stereocenters. The van der Waals surface area contributed by atoms with Gasteiger partial charge in [0.15, 0.2) is 5.84 Å². The van der Waals surface area contributed by atoms with E-state index in [4.69, 9.17) is 18.8 Å². The topological polar surface area (TPSA) is 63.0 Å². The molecule has 1 N–H and O–H groups in total. The minimum Gasteiger partial charge on any atom is -0.456 e. The minimum atomic E-state index is -0.399. The van der Waals surface area contributed by atoms with Crippen LogP contribution in [0, 0.1) is 6.92 Å². The first-order chi connectivity index (χ1) is 38.5. The van der Waals surface area contributed by atoms with E-state index in [0.717, 1.165) is 107 Å². The van der Waals surface area contributed by atoms with Crippen molar-refractivity contribution in [3.05, 3.63) is 268 Å². The SMILES string of the molecule is Cc1c2sc3c(-c4ccc5c(c4)-c4ccccc4C5CCc4ccccc4)cc(cc13)-c1ccc3oc4cccc(c4c3c1)C1=NC(=NC(c3ccccc3)N1)c1cc(c3c(c1)oc1cc(-c4ccccc4)ccc13)CC=C2. The molecule has 0 spiro atoms. The van der Waals surface area contributed by atoms with Crippen molar-refractivity contribution in [2.45, 2.75) is 38.3 Å². The van der Waals surface area contributed by atoms with Gasteiger partial charge in [-0.3, -0.25) is 0 Å². The Morgan fingerprint density at radius 3 is 2.12 bits per heavy atom. The van der Waals surface area contributed by atoms with Crippen molar-refractivity contribution >= 4 is 83.0 Å². The molecule has 0 saturated carbocycles. The van der Waals surface area contributed by atoms with Gasteiger partial charge >= 0.3 is 0 Å². The highest BCUT2D eigenvalue weighted by Gasteiger charge is 2.30. The molecule has 3 aliphatic rings. The highest BCUT2D eigenvalue weighted by molar-refractivity contribution is 7.20. The lowest BCUT2D eigenvalue weighted by Crippen LogP contribution is -2.33. The summed E-state index contributed by atoms with van der Waals surface area (Å²) in [5.41, 5.74) is 22.5. The molecule has 78 heavy (non-hydrogen) atoms. The fourth-order valence-electron chi connectivity index (χ4n) is 12.7. The zero-order valence-corrected chi connectivity index (χ0v) is 43.6. The van der Waals surface area contributed by atoms with Crippen LogP contribution >= 0.6 is 11.3 Å². The van der Waals surface area contributed by atoms with Crippen LogP contribution in [-0.2, 0) is 12.8 Å². The van der Waals surface area contributed by atoms with E-state index < -0.39 is 6.17 Å². The maximum atomic E-state index is 6.92.